The van der Waals surface area contributed by atoms with Crippen molar-refractivity contribution < 1.29 is 9.18 Å². The lowest BCUT2D eigenvalue weighted by molar-refractivity contribution is -0.117. The highest BCUT2D eigenvalue weighted by atomic mass is 19.1. The summed E-state index contributed by atoms with van der Waals surface area (Å²) in [6, 6.07) is 12.4. The highest BCUT2D eigenvalue weighted by Gasteiger charge is 2.24. The minimum absolute atomic E-state index is 0.197. The fourth-order valence-electron chi connectivity index (χ4n) is 2.64. The first kappa shape index (κ1) is 13.6. The Hall–Kier alpha value is -2.36. The predicted octanol–water partition coefficient (Wildman–Crippen LogP) is 3.50. The maximum absolute atomic E-state index is 13.8. The van der Waals surface area contributed by atoms with Crippen LogP contribution in [0.3, 0.4) is 0 Å². The number of hydrogen-bond acceptors (Lipinski definition) is 2. The first-order valence-electron chi connectivity index (χ1n) is 7.05. The summed E-state index contributed by atoms with van der Waals surface area (Å²) in [5, 5.41) is 5.92. The second-order valence-electron chi connectivity index (χ2n) is 5.31. The molecule has 2 aromatic carbocycles. The summed E-state index contributed by atoms with van der Waals surface area (Å²) in [7, 11) is 0. The van der Waals surface area contributed by atoms with Crippen LogP contribution in [0.1, 0.15) is 17.5 Å². The second kappa shape index (κ2) is 5.56. The molecule has 4 heteroatoms. The molecular weight excluding hydrogens is 267 g/mol. The van der Waals surface area contributed by atoms with Crippen molar-refractivity contribution in [3.63, 3.8) is 0 Å². The smallest absolute Gasteiger partial charge is 0.246 e. The van der Waals surface area contributed by atoms with E-state index in [0.717, 1.165) is 17.7 Å². The van der Waals surface area contributed by atoms with Crippen LogP contribution in [-0.4, -0.2) is 11.9 Å². The molecule has 2 N–H and O–H groups in total. The van der Waals surface area contributed by atoms with Gasteiger partial charge in [0.1, 0.15) is 11.9 Å². The van der Waals surface area contributed by atoms with Gasteiger partial charge in [0.2, 0.25) is 5.91 Å². The Kier molecular flexibility index (Phi) is 3.60. The number of para-hydroxylation sites is 2. The molecule has 0 saturated carbocycles. The van der Waals surface area contributed by atoms with E-state index in [-0.39, 0.29) is 17.6 Å². The van der Waals surface area contributed by atoms with Crippen LogP contribution in [0.2, 0.25) is 0 Å². The molecule has 21 heavy (non-hydrogen) atoms. The standard InChI is InChI=1S/C17H17FN2O/c1-11-5-4-7-13(18)16(11)20-17(21)15-10-9-12-6-2-3-8-14(12)19-15/h2-8,15,19H,9-10H2,1H3,(H,20,21). The molecule has 1 aliphatic rings. The van der Waals surface area contributed by atoms with E-state index in [1.165, 1.54) is 11.6 Å². The Balaban J connectivity index is 1.76. The third-order valence-electron chi connectivity index (χ3n) is 3.84. The van der Waals surface area contributed by atoms with Crippen molar-refractivity contribution in [2.45, 2.75) is 25.8 Å². The molecule has 1 unspecified atom stereocenters. The topological polar surface area (TPSA) is 41.1 Å². The predicted molar refractivity (Wildman–Crippen MR) is 81.9 cm³/mol. The zero-order valence-electron chi connectivity index (χ0n) is 11.8. The molecule has 0 fully saturated rings. The van der Waals surface area contributed by atoms with E-state index in [9.17, 15) is 9.18 Å². The lowest BCUT2D eigenvalue weighted by Crippen LogP contribution is -2.37. The van der Waals surface area contributed by atoms with Crippen LogP contribution in [-0.2, 0) is 11.2 Å². The summed E-state index contributed by atoms with van der Waals surface area (Å²) < 4.78 is 13.8. The molecule has 1 atom stereocenters. The van der Waals surface area contributed by atoms with Gasteiger partial charge in [-0.1, -0.05) is 30.3 Å². The number of carbonyl (C=O) groups excluding carboxylic acids is 1. The van der Waals surface area contributed by atoms with E-state index >= 15 is 0 Å². The van der Waals surface area contributed by atoms with Gasteiger partial charge in [-0.2, -0.15) is 0 Å². The van der Waals surface area contributed by atoms with Crippen molar-refractivity contribution >= 4 is 17.3 Å². The minimum Gasteiger partial charge on any atom is -0.373 e. The van der Waals surface area contributed by atoms with Crippen LogP contribution in [0, 0.1) is 12.7 Å². The molecule has 2 aromatic rings. The van der Waals surface area contributed by atoms with Crippen molar-refractivity contribution in [1.29, 1.82) is 0 Å². The van der Waals surface area contributed by atoms with Crippen LogP contribution in [0.25, 0.3) is 0 Å². The molecular formula is C17H17FN2O. The average Bonchev–Trinajstić information content (AvgIpc) is 2.50. The van der Waals surface area contributed by atoms with Gasteiger partial charge >= 0.3 is 0 Å². The summed E-state index contributed by atoms with van der Waals surface area (Å²) in [4.78, 5) is 12.3. The summed E-state index contributed by atoms with van der Waals surface area (Å²) >= 11 is 0. The molecule has 1 aliphatic heterocycles. The Morgan fingerprint density at radius 3 is 2.86 bits per heavy atom. The molecule has 0 saturated heterocycles. The van der Waals surface area contributed by atoms with Crippen molar-refractivity contribution in [2.24, 2.45) is 0 Å². The van der Waals surface area contributed by atoms with E-state index in [4.69, 9.17) is 0 Å². The monoisotopic (exact) mass is 284 g/mol. The molecule has 1 heterocycles. The van der Waals surface area contributed by atoms with E-state index < -0.39 is 5.82 Å². The van der Waals surface area contributed by atoms with E-state index in [1.54, 1.807) is 19.1 Å². The largest absolute Gasteiger partial charge is 0.373 e. The first-order valence-corrected chi connectivity index (χ1v) is 7.05. The summed E-state index contributed by atoms with van der Waals surface area (Å²) in [5.74, 6) is -0.600. The molecule has 108 valence electrons. The third kappa shape index (κ3) is 2.75. The highest BCUT2D eigenvalue weighted by molar-refractivity contribution is 5.97. The third-order valence-corrected chi connectivity index (χ3v) is 3.84. The number of fused-ring (bicyclic) bond motifs is 1. The zero-order chi connectivity index (χ0) is 14.8. The van der Waals surface area contributed by atoms with Crippen LogP contribution in [0.15, 0.2) is 42.5 Å². The number of rotatable bonds is 2. The number of nitrogens with one attached hydrogen (secondary N) is 2. The summed E-state index contributed by atoms with van der Waals surface area (Å²) in [5.41, 5.74) is 3.18. The number of amides is 1. The van der Waals surface area contributed by atoms with Gasteiger partial charge in [0, 0.05) is 5.69 Å². The normalized spacial score (nSPS) is 16.8. The van der Waals surface area contributed by atoms with Gasteiger partial charge in [0.15, 0.2) is 0 Å². The molecule has 0 aromatic heterocycles. The summed E-state index contributed by atoms with van der Waals surface area (Å²) in [6.07, 6.45) is 1.55. The first-order chi connectivity index (χ1) is 10.1. The SMILES string of the molecule is Cc1cccc(F)c1NC(=O)C1CCc2ccccc2N1. The Morgan fingerprint density at radius 2 is 2.05 bits per heavy atom. The average molecular weight is 284 g/mol. The maximum atomic E-state index is 13.8. The van der Waals surface area contributed by atoms with Crippen molar-refractivity contribution in [1.82, 2.24) is 0 Å². The maximum Gasteiger partial charge on any atom is 0.246 e. The fourth-order valence-corrected chi connectivity index (χ4v) is 2.64. The minimum atomic E-state index is -0.403. The highest BCUT2D eigenvalue weighted by Crippen LogP contribution is 2.25. The van der Waals surface area contributed by atoms with Gasteiger partial charge in [-0.05, 0) is 43.0 Å². The molecule has 0 spiro atoms. The van der Waals surface area contributed by atoms with Crippen molar-refractivity contribution in [3.05, 3.63) is 59.4 Å². The molecule has 0 radical (unpaired) electrons. The number of hydrogen-bond donors (Lipinski definition) is 2. The van der Waals surface area contributed by atoms with Gasteiger partial charge in [-0.25, -0.2) is 4.39 Å². The molecule has 3 rings (SSSR count). The number of benzene rings is 2. The van der Waals surface area contributed by atoms with Crippen LogP contribution < -0.4 is 10.6 Å². The van der Waals surface area contributed by atoms with E-state index in [2.05, 4.69) is 16.7 Å². The lowest BCUT2D eigenvalue weighted by atomic mass is 9.97. The molecule has 0 bridgehead atoms. The van der Waals surface area contributed by atoms with Crippen LogP contribution in [0.4, 0.5) is 15.8 Å². The van der Waals surface area contributed by atoms with Gasteiger partial charge in [-0.3, -0.25) is 4.79 Å². The lowest BCUT2D eigenvalue weighted by Gasteiger charge is -2.26. The summed E-state index contributed by atoms with van der Waals surface area (Å²) in [6.45, 7) is 1.78. The Labute approximate surface area is 123 Å². The van der Waals surface area contributed by atoms with Gasteiger partial charge in [-0.15, -0.1) is 0 Å². The Bertz CT molecular complexity index is 664. The van der Waals surface area contributed by atoms with Crippen molar-refractivity contribution in [3.8, 4) is 0 Å². The van der Waals surface area contributed by atoms with Gasteiger partial charge in [0.05, 0.1) is 5.69 Å². The molecule has 1 amide bonds. The fraction of sp³-hybridized carbons (Fsp3) is 0.235. The van der Waals surface area contributed by atoms with E-state index in [1.807, 2.05) is 18.2 Å². The molecule has 0 aliphatic carbocycles. The second-order valence-corrected chi connectivity index (χ2v) is 5.31. The van der Waals surface area contributed by atoms with Crippen LogP contribution in [0.5, 0.6) is 0 Å². The quantitative estimate of drug-likeness (QED) is 0.886. The molecule has 3 nitrogen and oxygen atoms in total. The number of aryl methyl sites for hydroxylation is 2. The van der Waals surface area contributed by atoms with Crippen molar-refractivity contribution in [2.75, 3.05) is 10.6 Å². The van der Waals surface area contributed by atoms with Gasteiger partial charge in [0.25, 0.3) is 0 Å². The number of anilines is 2. The van der Waals surface area contributed by atoms with Crippen LogP contribution >= 0.6 is 0 Å². The Morgan fingerprint density at radius 1 is 1.24 bits per heavy atom. The van der Waals surface area contributed by atoms with E-state index in [0.29, 0.717) is 6.42 Å². The number of halogens is 1. The zero-order valence-corrected chi connectivity index (χ0v) is 11.8. The number of carbonyl (C=O) groups is 1. The van der Waals surface area contributed by atoms with Gasteiger partial charge < -0.3 is 10.6 Å².